The summed E-state index contributed by atoms with van der Waals surface area (Å²) in [7, 11) is -0.162. The van der Waals surface area contributed by atoms with Crippen molar-refractivity contribution in [2.75, 3.05) is 37.4 Å². The molecule has 7 nitrogen and oxygen atoms in total. The first-order chi connectivity index (χ1) is 8.88. The van der Waals surface area contributed by atoms with Gasteiger partial charge in [-0.25, -0.2) is 22.7 Å². The molecule has 0 spiro atoms. The van der Waals surface area contributed by atoms with Crippen molar-refractivity contribution < 1.29 is 8.42 Å². The van der Waals surface area contributed by atoms with Crippen molar-refractivity contribution in [3.05, 3.63) is 11.9 Å². The lowest BCUT2D eigenvalue weighted by Gasteiger charge is -2.12. The van der Waals surface area contributed by atoms with Crippen LogP contribution in [0, 0.1) is 0 Å². The summed E-state index contributed by atoms with van der Waals surface area (Å²) in [5, 5.41) is 2.98. The van der Waals surface area contributed by atoms with E-state index in [-0.39, 0.29) is 5.75 Å². The number of anilines is 2. The molecule has 8 heteroatoms. The summed E-state index contributed by atoms with van der Waals surface area (Å²) in [6.07, 6.45) is 2.19. The van der Waals surface area contributed by atoms with Gasteiger partial charge in [0, 0.05) is 32.6 Å². The Hall–Kier alpha value is -1.41. The molecule has 1 heterocycles. The second-order valence-electron chi connectivity index (χ2n) is 4.84. The molecule has 3 N–H and O–H groups in total. The highest BCUT2D eigenvalue weighted by Gasteiger charge is 2.27. The Balaban J connectivity index is 1.96. The number of hydrogen-bond acceptors (Lipinski definition) is 6. The Labute approximate surface area is 113 Å². The first-order valence-electron chi connectivity index (χ1n) is 6.17. The van der Waals surface area contributed by atoms with E-state index in [1.54, 1.807) is 6.07 Å². The Bertz CT molecular complexity index is 554. The monoisotopic (exact) mass is 285 g/mol. The zero-order chi connectivity index (χ0) is 14.0. The lowest BCUT2D eigenvalue weighted by molar-refractivity contribution is 0.521. The summed E-state index contributed by atoms with van der Waals surface area (Å²) < 4.78 is 24.4. The van der Waals surface area contributed by atoms with Gasteiger partial charge in [-0.1, -0.05) is 0 Å². The molecule has 0 atom stereocenters. The van der Waals surface area contributed by atoms with Gasteiger partial charge in [-0.15, -0.1) is 0 Å². The quantitative estimate of drug-likeness (QED) is 0.776. The number of rotatable bonds is 6. The maximum Gasteiger partial charge on any atom is 0.215 e. The molecule has 1 aromatic heterocycles. The highest BCUT2D eigenvalue weighted by atomic mass is 32.2. The topological polar surface area (TPSA) is 101 Å². The van der Waals surface area contributed by atoms with Crippen LogP contribution in [0.5, 0.6) is 0 Å². The molecule has 0 radical (unpaired) electrons. The van der Waals surface area contributed by atoms with Crippen molar-refractivity contribution in [3.8, 4) is 0 Å². The third-order valence-corrected chi connectivity index (χ3v) is 4.76. The Morgan fingerprint density at radius 3 is 2.68 bits per heavy atom. The van der Waals surface area contributed by atoms with E-state index in [2.05, 4.69) is 15.3 Å². The number of sulfonamides is 1. The van der Waals surface area contributed by atoms with E-state index in [4.69, 9.17) is 5.73 Å². The first-order valence-corrected chi connectivity index (χ1v) is 7.78. The van der Waals surface area contributed by atoms with Gasteiger partial charge in [0.1, 0.15) is 17.5 Å². The molecule has 0 amide bonds. The Morgan fingerprint density at radius 1 is 1.42 bits per heavy atom. The molecule has 19 heavy (non-hydrogen) atoms. The van der Waals surface area contributed by atoms with Crippen LogP contribution in [-0.4, -0.2) is 49.1 Å². The van der Waals surface area contributed by atoms with Gasteiger partial charge in [0.2, 0.25) is 10.0 Å². The second kappa shape index (κ2) is 5.30. The van der Waals surface area contributed by atoms with Crippen LogP contribution < -0.4 is 11.1 Å². The van der Waals surface area contributed by atoms with Crippen LogP contribution >= 0.6 is 0 Å². The van der Waals surface area contributed by atoms with E-state index >= 15 is 0 Å². The standard InChI is InChI=1S/C11H19N5O2S/c1-16(2)19(17,18)6-5-13-10-7-9(12)14-11(15-10)8-3-4-8/h7-8H,3-6H2,1-2H3,(H3,12,13,14,15). The number of aromatic nitrogens is 2. The zero-order valence-corrected chi connectivity index (χ0v) is 11.9. The first kappa shape index (κ1) is 14.0. The lowest BCUT2D eigenvalue weighted by atomic mass is 10.4. The molecule has 1 aromatic rings. The lowest BCUT2D eigenvalue weighted by Crippen LogP contribution is -2.28. The van der Waals surface area contributed by atoms with Gasteiger partial charge in [-0.05, 0) is 12.8 Å². The van der Waals surface area contributed by atoms with E-state index in [9.17, 15) is 8.42 Å². The molecule has 1 aliphatic rings. The van der Waals surface area contributed by atoms with Gasteiger partial charge in [0.15, 0.2) is 0 Å². The van der Waals surface area contributed by atoms with Gasteiger partial charge < -0.3 is 11.1 Å². The fourth-order valence-corrected chi connectivity index (χ4v) is 2.32. The summed E-state index contributed by atoms with van der Waals surface area (Å²) in [5.41, 5.74) is 5.71. The van der Waals surface area contributed by atoms with E-state index in [0.29, 0.717) is 24.1 Å². The maximum absolute atomic E-state index is 11.6. The summed E-state index contributed by atoms with van der Waals surface area (Å²) >= 11 is 0. The molecule has 0 saturated heterocycles. The molecule has 0 bridgehead atoms. The van der Waals surface area contributed by atoms with Crippen LogP contribution in [-0.2, 0) is 10.0 Å². The fraction of sp³-hybridized carbons (Fsp3) is 0.636. The minimum Gasteiger partial charge on any atom is -0.384 e. The van der Waals surface area contributed by atoms with Gasteiger partial charge >= 0.3 is 0 Å². The highest BCUT2D eigenvalue weighted by Crippen LogP contribution is 2.38. The van der Waals surface area contributed by atoms with Crippen LogP contribution in [0.15, 0.2) is 6.07 Å². The molecular weight excluding hydrogens is 266 g/mol. The predicted octanol–water partition coefficient (Wildman–Crippen LogP) is 0.240. The minimum atomic E-state index is -3.20. The van der Waals surface area contributed by atoms with E-state index in [1.807, 2.05) is 0 Å². The molecule has 1 fully saturated rings. The van der Waals surface area contributed by atoms with Crippen molar-refractivity contribution >= 4 is 21.7 Å². The summed E-state index contributed by atoms with van der Waals surface area (Å²) in [6.45, 7) is 0.293. The molecule has 0 aromatic carbocycles. The Morgan fingerprint density at radius 2 is 2.11 bits per heavy atom. The summed E-state index contributed by atoms with van der Waals surface area (Å²) in [4.78, 5) is 8.53. The van der Waals surface area contributed by atoms with Gasteiger partial charge in [-0.3, -0.25) is 0 Å². The summed E-state index contributed by atoms with van der Waals surface area (Å²) in [6, 6.07) is 1.62. The highest BCUT2D eigenvalue weighted by molar-refractivity contribution is 7.89. The third-order valence-electron chi connectivity index (χ3n) is 2.93. The average Bonchev–Trinajstić information content (AvgIpc) is 3.11. The molecule has 2 rings (SSSR count). The molecule has 1 saturated carbocycles. The van der Waals surface area contributed by atoms with Gasteiger partial charge in [-0.2, -0.15) is 0 Å². The van der Waals surface area contributed by atoms with Gasteiger partial charge in [0.05, 0.1) is 5.75 Å². The number of nitrogens with zero attached hydrogens (tertiary/aromatic N) is 3. The van der Waals surface area contributed by atoms with Crippen molar-refractivity contribution in [3.63, 3.8) is 0 Å². The zero-order valence-electron chi connectivity index (χ0n) is 11.1. The van der Waals surface area contributed by atoms with Gasteiger partial charge in [0.25, 0.3) is 0 Å². The predicted molar refractivity (Wildman–Crippen MR) is 74.4 cm³/mol. The fourth-order valence-electron chi connectivity index (χ4n) is 1.59. The SMILES string of the molecule is CN(C)S(=O)(=O)CCNc1cc(N)nc(C2CC2)n1. The van der Waals surface area contributed by atoms with Crippen LogP contribution in [0.1, 0.15) is 24.6 Å². The summed E-state index contributed by atoms with van der Waals surface area (Å²) in [5.74, 6) is 2.17. The molecule has 1 aliphatic carbocycles. The molecule has 106 valence electrons. The average molecular weight is 285 g/mol. The molecule has 0 aliphatic heterocycles. The van der Waals surface area contributed by atoms with Crippen LogP contribution in [0.3, 0.4) is 0 Å². The van der Waals surface area contributed by atoms with Crippen molar-refractivity contribution in [1.82, 2.24) is 14.3 Å². The normalized spacial score (nSPS) is 15.7. The van der Waals surface area contributed by atoms with E-state index in [1.165, 1.54) is 18.4 Å². The molecule has 0 unspecified atom stereocenters. The van der Waals surface area contributed by atoms with Crippen molar-refractivity contribution in [2.45, 2.75) is 18.8 Å². The van der Waals surface area contributed by atoms with E-state index < -0.39 is 10.0 Å². The van der Waals surface area contributed by atoms with Crippen LogP contribution in [0.4, 0.5) is 11.6 Å². The van der Waals surface area contributed by atoms with Crippen LogP contribution in [0.25, 0.3) is 0 Å². The maximum atomic E-state index is 11.6. The largest absolute Gasteiger partial charge is 0.384 e. The minimum absolute atomic E-state index is 0.0165. The number of nitrogen functional groups attached to an aromatic ring is 1. The number of nitrogens with one attached hydrogen (secondary N) is 1. The second-order valence-corrected chi connectivity index (χ2v) is 7.14. The molecular formula is C11H19N5O2S. The van der Waals surface area contributed by atoms with Crippen molar-refractivity contribution in [2.24, 2.45) is 0 Å². The Kier molecular flexibility index (Phi) is 3.91. The number of nitrogens with two attached hydrogens (primary N) is 1. The number of hydrogen-bond donors (Lipinski definition) is 2. The smallest absolute Gasteiger partial charge is 0.215 e. The third kappa shape index (κ3) is 3.77. The van der Waals surface area contributed by atoms with E-state index in [0.717, 1.165) is 18.7 Å². The van der Waals surface area contributed by atoms with Crippen molar-refractivity contribution in [1.29, 1.82) is 0 Å². The van der Waals surface area contributed by atoms with Crippen LogP contribution in [0.2, 0.25) is 0 Å².